The van der Waals surface area contributed by atoms with E-state index >= 15 is 0 Å². The Morgan fingerprint density at radius 2 is 1.84 bits per heavy atom. The van der Waals surface area contributed by atoms with E-state index in [1.54, 1.807) is 31.6 Å². The molecule has 25 heavy (non-hydrogen) atoms. The van der Waals surface area contributed by atoms with Gasteiger partial charge < -0.3 is 14.8 Å². The van der Waals surface area contributed by atoms with Gasteiger partial charge in [0.1, 0.15) is 11.5 Å². The van der Waals surface area contributed by atoms with Crippen LogP contribution >= 0.6 is 11.3 Å². The predicted octanol–water partition coefficient (Wildman–Crippen LogP) is 3.66. The molecule has 2 rings (SSSR count). The second kappa shape index (κ2) is 8.67. The van der Waals surface area contributed by atoms with E-state index in [0.29, 0.717) is 18.0 Å². The number of carbonyl (C=O) groups is 2. The van der Waals surface area contributed by atoms with Gasteiger partial charge in [-0.2, -0.15) is 0 Å². The fourth-order valence-corrected chi connectivity index (χ4v) is 3.49. The Kier molecular flexibility index (Phi) is 6.58. The summed E-state index contributed by atoms with van der Waals surface area (Å²) in [6.45, 7) is 4.25. The van der Waals surface area contributed by atoms with Crippen LogP contribution in [0.4, 0.5) is 0 Å². The molecule has 1 amide bonds. The quantitative estimate of drug-likeness (QED) is 0.729. The zero-order valence-corrected chi connectivity index (χ0v) is 15.8. The molecule has 1 aromatic carbocycles. The molecular weight excluding hydrogens is 338 g/mol. The number of ether oxygens (including phenoxy) is 2. The lowest BCUT2D eigenvalue weighted by atomic mass is 10.1. The number of carbonyl (C=O) groups excluding carboxylic acids is 2. The van der Waals surface area contributed by atoms with Crippen molar-refractivity contribution in [3.8, 4) is 11.5 Å². The van der Waals surface area contributed by atoms with Gasteiger partial charge in [0.25, 0.3) is 0 Å². The highest BCUT2D eigenvalue weighted by atomic mass is 32.1. The fraction of sp³-hybridized carbons (Fsp3) is 0.368. The first-order chi connectivity index (χ1) is 11.9. The molecule has 134 valence electrons. The molecule has 0 saturated heterocycles. The number of ketones is 1. The van der Waals surface area contributed by atoms with Crippen molar-refractivity contribution in [2.45, 2.75) is 33.2 Å². The molecular formula is C19H23NO4S. The number of nitrogens with one attached hydrogen (secondary N) is 1. The number of amides is 1. The van der Waals surface area contributed by atoms with Crippen LogP contribution < -0.4 is 14.8 Å². The summed E-state index contributed by atoms with van der Waals surface area (Å²) in [6, 6.07) is 7.32. The predicted molar refractivity (Wildman–Crippen MR) is 98.8 cm³/mol. The third-order valence-corrected chi connectivity index (χ3v) is 4.86. The SMILES string of the molecule is COc1ccc(CNC(=O)CCC(=O)c2cc(C)sc2C)c(OC)c1. The molecule has 1 heterocycles. The number of thiophene rings is 1. The van der Waals surface area contributed by atoms with Crippen LogP contribution in [0.2, 0.25) is 0 Å². The molecule has 5 nitrogen and oxygen atoms in total. The molecule has 0 bridgehead atoms. The number of aryl methyl sites for hydroxylation is 2. The van der Waals surface area contributed by atoms with Gasteiger partial charge in [-0.25, -0.2) is 0 Å². The average Bonchev–Trinajstić information content (AvgIpc) is 2.95. The van der Waals surface area contributed by atoms with Crippen molar-refractivity contribution in [1.82, 2.24) is 5.32 Å². The first-order valence-electron chi connectivity index (χ1n) is 8.02. The van der Waals surface area contributed by atoms with Crippen LogP contribution in [-0.2, 0) is 11.3 Å². The highest BCUT2D eigenvalue weighted by Crippen LogP contribution is 2.24. The Morgan fingerprint density at radius 1 is 1.08 bits per heavy atom. The molecule has 0 unspecified atom stereocenters. The van der Waals surface area contributed by atoms with Gasteiger partial charge in [0.2, 0.25) is 5.91 Å². The van der Waals surface area contributed by atoms with Gasteiger partial charge in [0.05, 0.1) is 14.2 Å². The summed E-state index contributed by atoms with van der Waals surface area (Å²) in [5.74, 6) is 1.20. The minimum Gasteiger partial charge on any atom is -0.497 e. The zero-order valence-electron chi connectivity index (χ0n) is 15.0. The minimum absolute atomic E-state index is 0.0130. The lowest BCUT2D eigenvalue weighted by Crippen LogP contribution is -2.23. The molecule has 0 aliphatic heterocycles. The molecule has 1 N–H and O–H groups in total. The van der Waals surface area contributed by atoms with Crippen molar-refractivity contribution in [1.29, 1.82) is 0 Å². The summed E-state index contributed by atoms with van der Waals surface area (Å²) in [7, 11) is 3.16. The highest BCUT2D eigenvalue weighted by molar-refractivity contribution is 7.12. The summed E-state index contributed by atoms with van der Waals surface area (Å²) >= 11 is 1.60. The molecule has 6 heteroatoms. The van der Waals surface area contributed by atoms with Crippen molar-refractivity contribution in [3.05, 3.63) is 45.1 Å². The van der Waals surface area contributed by atoms with E-state index in [-0.39, 0.29) is 24.5 Å². The van der Waals surface area contributed by atoms with Gasteiger partial charge >= 0.3 is 0 Å². The molecule has 0 aliphatic rings. The summed E-state index contributed by atoms with van der Waals surface area (Å²) in [6.07, 6.45) is 0.383. The smallest absolute Gasteiger partial charge is 0.220 e. The first kappa shape index (κ1) is 19.0. The van der Waals surface area contributed by atoms with E-state index in [9.17, 15) is 9.59 Å². The number of methoxy groups -OCH3 is 2. The van der Waals surface area contributed by atoms with Gasteiger partial charge in [-0.3, -0.25) is 9.59 Å². The monoisotopic (exact) mass is 361 g/mol. The van der Waals surface area contributed by atoms with Gasteiger partial charge in [0, 0.05) is 46.3 Å². The van der Waals surface area contributed by atoms with Crippen LogP contribution in [-0.4, -0.2) is 25.9 Å². The third kappa shape index (κ3) is 5.06. The van der Waals surface area contributed by atoms with Crippen LogP contribution in [0.3, 0.4) is 0 Å². The average molecular weight is 361 g/mol. The van der Waals surface area contributed by atoms with Crippen molar-refractivity contribution < 1.29 is 19.1 Å². The number of hydrogen-bond donors (Lipinski definition) is 1. The standard InChI is InChI=1S/C19H23NO4S/c1-12-9-16(13(2)25-12)17(21)7-8-19(22)20-11-14-5-6-15(23-3)10-18(14)24-4/h5-6,9-10H,7-8,11H2,1-4H3,(H,20,22). The first-order valence-corrected chi connectivity index (χ1v) is 8.84. The lowest BCUT2D eigenvalue weighted by Gasteiger charge is -2.11. The van der Waals surface area contributed by atoms with Crippen molar-refractivity contribution >= 4 is 23.0 Å². The Bertz CT molecular complexity index is 767. The maximum atomic E-state index is 12.2. The molecule has 1 aromatic heterocycles. The van der Waals surface area contributed by atoms with Crippen molar-refractivity contribution in [2.75, 3.05) is 14.2 Å². The summed E-state index contributed by atoms with van der Waals surface area (Å²) in [5.41, 5.74) is 1.58. The van der Waals surface area contributed by atoms with Gasteiger partial charge in [-0.15, -0.1) is 11.3 Å². The maximum absolute atomic E-state index is 12.2. The van der Waals surface area contributed by atoms with Crippen molar-refractivity contribution in [3.63, 3.8) is 0 Å². The summed E-state index contributed by atoms with van der Waals surface area (Å²) in [5, 5.41) is 2.83. The van der Waals surface area contributed by atoms with Gasteiger partial charge in [-0.1, -0.05) is 0 Å². The van der Waals surface area contributed by atoms with E-state index in [1.165, 1.54) is 0 Å². The highest BCUT2D eigenvalue weighted by Gasteiger charge is 2.14. The number of hydrogen-bond acceptors (Lipinski definition) is 5. The van der Waals surface area contributed by atoms with Crippen LogP contribution in [0, 0.1) is 13.8 Å². The van der Waals surface area contributed by atoms with E-state index < -0.39 is 0 Å². The maximum Gasteiger partial charge on any atom is 0.220 e. The number of Topliss-reactive ketones (excluding diaryl/α,β-unsaturated/α-hetero) is 1. The fourth-order valence-electron chi connectivity index (χ4n) is 2.55. The molecule has 0 saturated carbocycles. The number of benzene rings is 1. The van der Waals surface area contributed by atoms with E-state index in [1.807, 2.05) is 32.0 Å². The summed E-state index contributed by atoms with van der Waals surface area (Å²) in [4.78, 5) is 26.4. The van der Waals surface area contributed by atoms with Gasteiger partial charge in [-0.05, 0) is 32.0 Å². The van der Waals surface area contributed by atoms with Crippen LogP contribution in [0.15, 0.2) is 24.3 Å². The molecule has 0 fully saturated rings. The normalized spacial score (nSPS) is 10.4. The van der Waals surface area contributed by atoms with Crippen LogP contribution in [0.5, 0.6) is 11.5 Å². The lowest BCUT2D eigenvalue weighted by molar-refractivity contribution is -0.121. The van der Waals surface area contributed by atoms with Crippen LogP contribution in [0.1, 0.15) is 38.5 Å². The second-order valence-corrected chi connectivity index (χ2v) is 7.17. The van der Waals surface area contributed by atoms with E-state index in [4.69, 9.17) is 9.47 Å². The van der Waals surface area contributed by atoms with Crippen molar-refractivity contribution in [2.24, 2.45) is 0 Å². The van der Waals surface area contributed by atoms with Crippen LogP contribution in [0.25, 0.3) is 0 Å². The van der Waals surface area contributed by atoms with E-state index in [0.717, 1.165) is 20.9 Å². The molecule has 0 aliphatic carbocycles. The summed E-state index contributed by atoms with van der Waals surface area (Å²) < 4.78 is 10.5. The Hall–Kier alpha value is -2.34. The Labute approximate surface area is 152 Å². The molecule has 2 aromatic rings. The molecule has 0 radical (unpaired) electrons. The molecule has 0 atom stereocenters. The van der Waals surface area contributed by atoms with E-state index in [2.05, 4.69) is 5.32 Å². The second-order valence-electron chi connectivity index (χ2n) is 5.70. The Morgan fingerprint density at radius 3 is 2.44 bits per heavy atom. The zero-order chi connectivity index (χ0) is 18.4. The Balaban J connectivity index is 1.87. The number of rotatable bonds is 8. The molecule has 0 spiro atoms. The third-order valence-electron chi connectivity index (χ3n) is 3.89. The minimum atomic E-state index is -0.157. The topological polar surface area (TPSA) is 64.6 Å². The van der Waals surface area contributed by atoms with Gasteiger partial charge in [0.15, 0.2) is 5.78 Å². The largest absolute Gasteiger partial charge is 0.497 e.